The minimum absolute atomic E-state index is 0.613. The van der Waals surface area contributed by atoms with Gasteiger partial charge >= 0.3 is 0 Å². The lowest BCUT2D eigenvalue weighted by atomic mass is 10.1. The van der Waals surface area contributed by atoms with Crippen LogP contribution in [0, 0.1) is 0 Å². The van der Waals surface area contributed by atoms with E-state index in [0.717, 1.165) is 60.1 Å². The SMILES string of the molecule is CCCCOCCCNCc1nn(Cc2ccc(Cl)cc2)nc1-c1ccccc1. The smallest absolute Gasteiger partial charge is 0.117 e. The molecule has 1 heterocycles. The number of unbranched alkanes of at least 4 members (excludes halogenated alkanes) is 1. The zero-order chi connectivity index (χ0) is 20.3. The summed E-state index contributed by atoms with van der Waals surface area (Å²) >= 11 is 5.99. The van der Waals surface area contributed by atoms with Crippen LogP contribution in [0.25, 0.3) is 11.3 Å². The maximum Gasteiger partial charge on any atom is 0.117 e. The fourth-order valence-electron chi connectivity index (χ4n) is 3.00. The highest BCUT2D eigenvalue weighted by atomic mass is 35.5. The normalized spacial score (nSPS) is 11.1. The van der Waals surface area contributed by atoms with Crippen LogP contribution >= 0.6 is 11.6 Å². The summed E-state index contributed by atoms with van der Waals surface area (Å²) in [6.07, 6.45) is 3.29. The van der Waals surface area contributed by atoms with Crippen molar-refractivity contribution in [3.63, 3.8) is 0 Å². The Morgan fingerprint density at radius 1 is 0.966 bits per heavy atom. The van der Waals surface area contributed by atoms with Gasteiger partial charge in [-0.25, -0.2) is 0 Å². The van der Waals surface area contributed by atoms with Crippen molar-refractivity contribution in [2.75, 3.05) is 19.8 Å². The molecule has 3 aromatic rings. The lowest BCUT2D eigenvalue weighted by Crippen LogP contribution is -2.17. The van der Waals surface area contributed by atoms with Gasteiger partial charge in [-0.2, -0.15) is 15.0 Å². The van der Waals surface area contributed by atoms with Gasteiger partial charge in [-0.1, -0.05) is 67.4 Å². The van der Waals surface area contributed by atoms with E-state index in [9.17, 15) is 0 Å². The second kappa shape index (κ2) is 11.7. The molecule has 0 aliphatic heterocycles. The van der Waals surface area contributed by atoms with E-state index in [-0.39, 0.29) is 0 Å². The molecule has 0 aliphatic rings. The van der Waals surface area contributed by atoms with E-state index in [1.807, 2.05) is 42.5 Å². The molecule has 5 nitrogen and oxygen atoms in total. The number of ether oxygens (including phenoxy) is 1. The summed E-state index contributed by atoms with van der Waals surface area (Å²) < 4.78 is 5.62. The molecule has 29 heavy (non-hydrogen) atoms. The molecule has 0 spiro atoms. The van der Waals surface area contributed by atoms with Crippen LogP contribution < -0.4 is 5.32 Å². The molecule has 0 unspecified atom stereocenters. The highest BCUT2D eigenvalue weighted by Crippen LogP contribution is 2.20. The van der Waals surface area contributed by atoms with Gasteiger partial charge in [-0.3, -0.25) is 0 Å². The van der Waals surface area contributed by atoms with Crippen molar-refractivity contribution in [1.82, 2.24) is 20.3 Å². The highest BCUT2D eigenvalue weighted by Gasteiger charge is 2.13. The van der Waals surface area contributed by atoms with Gasteiger partial charge in [0.15, 0.2) is 0 Å². The average Bonchev–Trinajstić information content (AvgIpc) is 3.15. The quantitative estimate of drug-likeness (QED) is 0.428. The number of nitrogens with zero attached hydrogens (tertiary/aromatic N) is 3. The molecule has 3 rings (SSSR count). The van der Waals surface area contributed by atoms with E-state index < -0.39 is 0 Å². The Labute approximate surface area is 178 Å². The summed E-state index contributed by atoms with van der Waals surface area (Å²) in [5.41, 5.74) is 4.07. The van der Waals surface area contributed by atoms with Crippen LogP contribution in [0.1, 0.15) is 37.4 Å². The molecule has 0 saturated carbocycles. The molecule has 0 fully saturated rings. The Kier molecular flexibility index (Phi) is 8.68. The largest absolute Gasteiger partial charge is 0.381 e. The molecule has 154 valence electrons. The third kappa shape index (κ3) is 6.96. The van der Waals surface area contributed by atoms with Crippen LogP contribution in [-0.2, 0) is 17.8 Å². The van der Waals surface area contributed by atoms with E-state index in [1.54, 1.807) is 4.80 Å². The zero-order valence-electron chi connectivity index (χ0n) is 17.0. The number of benzene rings is 2. The molecule has 6 heteroatoms. The average molecular weight is 413 g/mol. The first-order chi connectivity index (χ1) is 14.3. The number of halogens is 1. The molecule has 0 radical (unpaired) electrons. The molecular weight excluding hydrogens is 384 g/mol. The molecule has 1 N–H and O–H groups in total. The third-order valence-electron chi connectivity index (χ3n) is 4.59. The van der Waals surface area contributed by atoms with Gasteiger partial charge in [0.2, 0.25) is 0 Å². The van der Waals surface area contributed by atoms with Crippen LogP contribution in [0.2, 0.25) is 5.02 Å². The number of nitrogens with one attached hydrogen (secondary N) is 1. The molecule has 0 aliphatic carbocycles. The van der Waals surface area contributed by atoms with Gasteiger partial charge in [0.05, 0.1) is 6.54 Å². The van der Waals surface area contributed by atoms with Crippen LogP contribution in [0.15, 0.2) is 54.6 Å². The lowest BCUT2D eigenvalue weighted by molar-refractivity contribution is 0.128. The Morgan fingerprint density at radius 3 is 2.48 bits per heavy atom. The summed E-state index contributed by atoms with van der Waals surface area (Å²) in [5, 5.41) is 13.7. The van der Waals surface area contributed by atoms with E-state index >= 15 is 0 Å². The van der Waals surface area contributed by atoms with Gasteiger partial charge in [-0.15, -0.1) is 0 Å². The number of aromatic nitrogens is 3. The Bertz CT molecular complexity index is 849. The van der Waals surface area contributed by atoms with Crippen LogP contribution in [0.5, 0.6) is 0 Å². The number of hydrogen-bond donors (Lipinski definition) is 1. The molecule has 0 bridgehead atoms. The van der Waals surface area contributed by atoms with Gasteiger partial charge in [0, 0.05) is 30.3 Å². The topological polar surface area (TPSA) is 52.0 Å². The summed E-state index contributed by atoms with van der Waals surface area (Å²) in [4.78, 5) is 1.76. The van der Waals surface area contributed by atoms with Crippen molar-refractivity contribution in [3.8, 4) is 11.3 Å². The van der Waals surface area contributed by atoms with Gasteiger partial charge in [0.25, 0.3) is 0 Å². The van der Waals surface area contributed by atoms with E-state index in [4.69, 9.17) is 26.5 Å². The summed E-state index contributed by atoms with van der Waals surface area (Å²) in [7, 11) is 0. The predicted molar refractivity (Wildman–Crippen MR) is 118 cm³/mol. The predicted octanol–water partition coefficient (Wildman–Crippen LogP) is 4.94. The fourth-order valence-corrected chi connectivity index (χ4v) is 3.13. The Morgan fingerprint density at radius 2 is 1.72 bits per heavy atom. The van der Waals surface area contributed by atoms with E-state index in [0.29, 0.717) is 13.1 Å². The maximum absolute atomic E-state index is 5.99. The first-order valence-electron chi connectivity index (χ1n) is 10.3. The molecule has 1 aromatic heterocycles. The number of rotatable bonds is 12. The van der Waals surface area contributed by atoms with Crippen molar-refractivity contribution in [2.45, 2.75) is 39.3 Å². The van der Waals surface area contributed by atoms with Crippen LogP contribution in [-0.4, -0.2) is 34.8 Å². The van der Waals surface area contributed by atoms with Crippen LogP contribution in [0.3, 0.4) is 0 Å². The highest BCUT2D eigenvalue weighted by molar-refractivity contribution is 6.30. The van der Waals surface area contributed by atoms with Gasteiger partial charge in [0.1, 0.15) is 11.4 Å². The summed E-state index contributed by atoms with van der Waals surface area (Å²) in [6.45, 7) is 6.01. The molecule has 2 aromatic carbocycles. The maximum atomic E-state index is 5.99. The van der Waals surface area contributed by atoms with Crippen molar-refractivity contribution in [1.29, 1.82) is 0 Å². The molecule has 0 atom stereocenters. The van der Waals surface area contributed by atoms with Gasteiger partial charge < -0.3 is 10.1 Å². The summed E-state index contributed by atoms with van der Waals surface area (Å²) in [6, 6.07) is 18.0. The second-order valence-corrected chi connectivity index (χ2v) is 7.45. The monoisotopic (exact) mass is 412 g/mol. The first-order valence-corrected chi connectivity index (χ1v) is 10.7. The van der Waals surface area contributed by atoms with Crippen molar-refractivity contribution < 1.29 is 4.74 Å². The molecule has 0 saturated heterocycles. The van der Waals surface area contributed by atoms with Crippen molar-refractivity contribution in [2.24, 2.45) is 0 Å². The van der Waals surface area contributed by atoms with E-state index in [1.165, 1.54) is 6.42 Å². The first kappa shape index (κ1) is 21.5. The fraction of sp³-hybridized carbons (Fsp3) is 0.391. The number of hydrogen-bond acceptors (Lipinski definition) is 4. The van der Waals surface area contributed by atoms with Crippen molar-refractivity contribution in [3.05, 3.63) is 70.9 Å². The third-order valence-corrected chi connectivity index (χ3v) is 4.84. The van der Waals surface area contributed by atoms with E-state index in [2.05, 4.69) is 24.4 Å². The second-order valence-electron chi connectivity index (χ2n) is 7.01. The lowest BCUT2D eigenvalue weighted by Gasteiger charge is -2.05. The zero-order valence-corrected chi connectivity index (χ0v) is 17.7. The summed E-state index contributed by atoms with van der Waals surface area (Å²) in [5.74, 6) is 0. The minimum atomic E-state index is 0.613. The van der Waals surface area contributed by atoms with Crippen molar-refractivity contribution >= 4 is 11.6 Å². The van der Waals surface area contributed by atoms with Crippen LogP contribution in [0.4, 0.5) is 0 Å². The molecular formula is C23H29ClN4O. The van der Waals surface area contributed by atoms with Gasteiger partial charge in [-0.05, 0) is 37.1 Å². The molecule has 0 amide bonds. The Balaban J connectivity index is 1.61. The Hall–Kier alpha value is -2.21. The standard InChI is InChI=1S/C23H29ClN4O/c1-2-3-15-29-16-7-14-25-17-22-23(20-8-5-4-6-9-20)27-28(26-22)18-19-10-12-21(24)13-11-19/h4-6,8-13,25H,2-3,7,14-18H2,1H3. The minimum Gasteiger partial charge on any atom is -0.381 e.